The van der Waals surface area contributed by atoms with Crippen LogP contribution in [0.4, 0.5) is 11.6 Å². The predicted molar refractivity (Wildman–Crippen MR) is 76.2 cm³/mol. The second-order valence-electron chi connectivity index (χ2n) is 5.85. The Morgan fingerprint density at radius 3 is 2.56 bits per heavy atom. The van der Waals surface area contributed by atoms with Gasteiger partial charge in [0.05, 0.1) is 0 Å². The van der Waals surface area contributed by atoms with Gasteiger partial charge in [-0.3, -0.25) is 0 Å². The molecule has 4 heteroatoms. The summed E-state index contributed by atoms with van der Waals surface area (Å²) >= 11 is 0. The van der Waals surface area contributed by atoms with Crippen molar-refractivity contribution in [2.24, 2.45) is 5.41 Å². The van der Waals surface area contributed by atoms with E-state index in [-0.39, 0.29) is 0 Å². The highest BCUT2D eigenvalue weighted by Crippen LogP contribution is 2.33. The summed E-state index contributed by atoms with van der Waals surface area (Å²) in [7, 11) is 0. The maximum Gasteiger partial charge on any atom is 0.137 e. The Morgan fingerprint density at radius 2 is 1.94 bits per heavy atom. The molecule has 1 aliphatic heterocycles. The van der Waals surface area contributed by atoms with Gasteiger partial charge in [-0.05, 0) is 32.1 Å². The van der Waals surface area contributed by atoms with Crippen molar-refractivity contribution in [3.63, 3.8) is 0 Å². The number of hydrogen-bond donors (Lipinski definition) is 1. The van der Waals surface area contributed by atoms with Crippen molar-refractivity contribution in [1.29, 1.82) is 0 Å². The van der Waals surface area contributed by atoms with Crippen LogP contribution in [0.3, 0.4) is 0 Å². The lowest BCUT2D eigenvalue weighted by atomic mass is 9.82. The molecule has 1 saturated heterocycles. The summed E-state index contributed by atoms with van der Waals surface area (Å²) in [5.41, 5.74) is 1.64. The van der Waals surface area contributed by atoms with Crippen molar-refractivity contribution in [2.75, 3.05) is 29.9 Å². The summed E-state index contributed by atoms with van der Waals surface area (Å²) in [5.74, 6) is 2.06. The Labute approximate surface area is 110 Å². The number of piperidine rings is 1. The molecule has 1 aromatic heterocycles. The van der Waals surface area contributed by atoms with Crippen LogP contribution < -0.4 is 10.2 Å². The van der Waals surface area contributed by atoms with Crippen molar-refractivity contribution in [3.8, 4) is 0 Å². The van der Waals surface area contributed by atoms with Gasteiger partial charge in [-0.2, -0.15) is 0 Å². The van der Waals surface area contributed by atoms with E-state index in [0.29, 0.717) is 5.41 Å². The van der Waals surface area contributed by atoms with Crippen molar-refractivity contribution < 1.29 is 0 Å². The summed E-state index contributed by atoms with van der Waals surface area (Å²) in [5, 5.41) is 3.29. The molecule has 100 valence electrons. The minimum atomic E-state index is 0.474. The highest BCUT2D eigenvalue weighted by Gasteiger charge is 2.27. The van der Waals surface area contributed by atoms with Gasteiger partial charge in [-0.25, -0.2) is 9.97 Å². The first kappa shape index (κ1) is 13.1. The molecule has 18 heavy (non-hydrogen) atoms. The summed E-state index contributed by atoms with van der Waals surface area (Å²) in [6, 6.07) is 0. The topological polar surface area (TPSA) is 41.1 Å². The van der Waals surface area contributed by atoms with Crippen LogP contribution in [0.1, 0.15) is 39.2 Å². The van der Waals surface area contributed by atoms with Crippen molar-refractivity contribution >= 4 is 11.6 Å². The summed E-state index contributed by atoms with van der Waals surface area (Å²) in [4.78, 5) is 11.2. The van der Waals surface area contributed by atoms with Crippen LogP contribution in [-0.4, -0.2) is 29.6 Å². The third kappa shape index (κ3) is 2.74. The van der Waals surface area contributed by atoms with Gasteiger partial charge < -0.3 is 10.2 Å². The average molecular weight is 248 g/mol. The number of rotatable bonds is 3. The Hall–Kier alpha value is -1.32. The highest BCUT2D eigenvalue weighted by molar-refractivity contribution is 5.58. The third-order valence-electron chi connectivity index (χ3n) is 3.82. The molecule has 0 radical (unpaired) electrons. The molecule has 4 nitrogen and oxygen atoms in total. The predicted octanol–water partition coefficient (Wildman–Crippen LogP) is 2.84. The van der Waals surface area contributed by atoms with Crippen LogP contribution in [0, 0.1) is 12.3 Å². The van der Waals surface area contributed by atoms with Gasteiger partial charge in [0.1, 0.15) is 18.0 Å². The van der Waals surface area contributed by atoms with Crippen LogP contribution >= 0.6 is 0 Å². The number of aromatic nitrogens is 2. The molecule has 0 aliphatic carbocycles. The Kier molecular flexibility index (Phi) is 3.73. The Morgan fingerprint density at radius 1 is 1.28 bits per heavy atom. The number of nitrogens with zero attached hydrogens (tertiary/aromatic N) is 3. The fourth-order valence-corrected chi connectivity index (χ4v) is 2.43. The molecular formula is C14H24N4. The van der Waals surface area contributed by atoms with Gasteiger partial charge in [0.2, 0.25) is 0 Å². The lowest BCUT2D eigenvalue weighted by molar-refractivity contribution is 0.279. The lowest BCUT2D eigenvalue weighted by Crippen LogP contribution is -2.38. The van der Waals surface area contributed by atoms with Crippen LogP contribution in [0.2, 0.25) is 0 Å². The zero-order valence-electron chi connectivity index (χ0n) is 12.0. The van der Waals surface area contributed by atoms with E-state index in [1.54, 1.807) is 6.33 Å². The van der Waals surface area contributed by atoms with E-state index >= 15 is 0 Å². The largest absolute Gasteiger partial charge is 0.370 e. The van der Waals surface area contributed by atoms with Crippen LogP contribution in [0.15, 0.2) is 6.33 Å². The maximum absolute atomic E-state index is 4.47. The average Bonchev–Trinajstić information content (AvgIpc) is 2.33. The molecule has 1 aliphatic rings. The molecule has 0 saturated carbocycles. The van der Waals surface area contributed by atoms with E-state index in [1.165, 1.54) is 18.4 Å². The summed E-state index contributed by atoms with van der Waals surface area (Å²) in [6.07, 6.45) is 4.13. The third-order valence-corrected chi connectivity index (χ3v) is 3.82. The zero-order chi connectivity index (χ0) is 13.2. The fourth-order valence-electron chi connectivity index (χ4n) is 2.43. The first-order valence-corrected chi connectivity index (χ1v) is 6.84. The quantitative estimate of drug-likeness (QED) is 0.893. The van der Waals surface area contributed by atoms with Crippen molar-refractivity contribution in [1.82, 2.24) is 9.97 Å². The molecule has 1 aromatic rings. The minimum absolute atomic E-state index is 0.474. The summed E-state index contributed by atoms with van der Waals surface area (Å²) in [6.45, 7) is 12.0. The fraction of sp³-hybridized carbons (Fsp3) is 0.714. The van der Waals surface area contributed by atoms with Crippen molar-refractivity contribution in [3.05, 3.63) is 11.9 Å². The van der Waals surface area contributed by atoms with Gasteiger partial charge in [0.25, 0.3) is 0 Å². The number of anilines is 2. The minimum Gasteiger partial charge on any atom is -0.370 e. The summed E-state index contributed by atoms with van der Waals surface area (Å²) < 4.78 is 0. The second-order valence-corrected chi connectivity index (χ2v) is 5.85. The molecule has 0 unspecified atom stereocenters. The van der Waals surface area contributed by atoms with Gasteiger partial charge in [0, 0.05) is 25.2 Å². The van der Waals surface area contributed by atoms with Gasteiger partial charge in [-0.15, -0.1) is 0 Å². The first-order valence-electron chi connectivity index (χ1n) is 6.84. The molecule has 2 rings (SSSR count). The van der Waals surface area contributed by atoms with Crippen LogP contribution in [-0.2, 0) is 0 Å². The lowest BCUT2D eigenvalue weighted by Gasteiger charge is -2.38. The number of nitrogens with one attached hydrogen (secondary N) is 1. The van der Waals surface area contributed by atoms with E-state index < -0.39 is 0 Å². The Balaban J connectivity index is 2.16. The van der Waals surface area contributed by atoms with E-state index in [2.05, 4.69) is 47.9 Å². The molecule has 1 fully saturated rings. The van der Waals surface area contributed by atoms with Gasteiger partial charge >= 0.3 is 0 Å². The van der Waals surface area contributed by atoms with E-state index in [0.717, 1.165) is 31.3 Å². The molecule has 0 amide bonds. The standard InChI is InChI=1S/C14H24N4/c1-5-15-12-11(2)13(17-10-16-12)18-8-6-14(3,4)7-9-18/h10H,5-9H2,1-4H3,(H,15,16,17). The normalized spacial score (nSPS) is 18.8. The molecule has 0 aromatic carbocycles. The maximum atomic E-state index is 4.47. The van der Waals surface area contributed by atoms with Crippen LogP contribution in [0.25, 0.3) is 0 Å². The zero-order valence-corrected chi connectivity index (χ0v) is 12.0. The second kappa shape index (κ2) is 5.12. The van der Waals surface area contributed by atoms with E-state index in [4.69, 9.17) is 0 Å². The van der Waals surface area contributed by atoms with E-state index in [1.807, 2.05) is 0 Å². The van der Waals surface area contributed by atoms with E-state index in [9.17, 15) is 0 Å². The molecule has 2 heterocycles. The molecule has 0 atom stereocenters. The Bertz CT molecular complexity index is 404. The molecular weight excluding hydrogens is 224 g/mol. The monoisotopic (exact) mass is 248 g/mol. The first-order chi connectivity index (χ1) is 8.53. The van der Waals surface area contributed by atoms with Crippen molar-refractivity contribution in [2.45, 2.75) is 40.5 Å². The molecule has 0 spiro atoms. The number of hydrogen-bond acceptors (Lipinski definition) is 4. The van der Waals surface area contributed by atoms with Crippen LogP contribution in [0.5, 0.6) is 0 Å². The smallest absolute Gasteiger partial charge is 0.137 e. The SMILES string of the molecule is CCNc1ncnc(N2CCC(C)(C)CC2)c1C. The highest BCUT2D eigenvalue weighted by atomic mass is 15.2. The molecule has 1 N–H and O–H groups in total. The molecule has 0 bridgehead atoms. The van der Waals surface area contributed by atoms with Gasteiger partial charge in [-0.1, -0.05) is 13.8 Å². The van der Waals surface area contributed by atoms with Gasteiger partial charge in [0.15, 0.2) is 0 Å².